The molecule has 0 atom stereocenters. The second-order valence-corrected chi connectivity index (χ2v) is 93.0. The molecule has 0 aliphatic heterocycles. The van der Waals surface area contributed by atoms with Gasteiger partial charge in [-0.15, -0.1) is 0 Å². The van der Waals surface area contributed by atoms with E-state index in [1.807, 2.05) is 0 Å². The molecular formula is C32H96F4O12P12. The van der Waals surface area contributed by atoms with E-state index in [0.29, 0.717) is 0 Å². The first-order valence-electron chi connectivity index (χ1n) is 18.6. The molecule has 0 aliphatic rings. The van der Waals surface area contributed by atoms with Gasteiger partial charge in [-0.1, -0.05) is 0 Å². The summed E-state index contributed by atoms with van der Waals surface area (Å²) in [7, 11) is -17.8. The van der Waals surface area contributed by atoms with E-state index in [2.05, 4.69) is 0 Å². The van der Waals surface area contributed by atoms with Crippen molar-refractivity contribution in [1.29, 1.82) is 0 Å². The zero-order valence-electron chi connectivity index (χ0n) is 43.8. The second-order valence-electron chi connectivity index (χ2n) is 29.7. The molecule has 0 fully saturated rings. The number of rotatable bonds is 16. The fourth-order valence-electron chi connectivity index (χ4n) is 3.18. The van der Waals surface area contributed by atoms with E-state index >= 15 is 0 Å². The van der Waals surface area contributed by atoms with Crippen LogP contribution in [-0.4, -0.2) is 213 Å². The van der Waals surface area contributed by atoms with Gasteiger partial charge >= 0.3 is 369 Å². The number of hydrogen-bond acceptors (Lipinski definition) is 12. The SMILES string of the molecule is CP(C)(C)(C)OP(=O)(F)OP(C)(C)(C)C.CP(C)(C)(C)OP(=O)(F)OP(C)(C)(C)C.CP(C)(C)(C)OP(=O)(F)OP(C)(C)(C)C.CP(C)(C)(C)OP(=O)(F)OP(C)(C)(C)C. The topological polar surface area (TPSA) is 142 Å². The van der Waals surface area contributed by atoms with Gasteiger partial charge in [0, 0.05) is 0 Å². The first-order valence-corrected chi connectivity index (χ1v) is 55.9. The predicted molar refractivity (Wildman–Crippen MR) is 288 cm³/mol. The Kier molecular flexibility index (Phi) is 20.9. The number of hydrogen-bond donors (Lipinski definition) is 0. The van der Waals surface area contributed by atoms with Gasteiger partial charge in [0.2, 0.25) is 0 Å². The zero-order chi connectivity index (χ0) is 51.2. The molecule has 0 aliphatic carbocycles. The van der Waals surface area contributed by atoms with Crippen molar-refractivity contribution < 1.29 is 69.5 Å². The van der Waals surface area contributed by atoms with Gasteiger partial charge in [-0.2, -0.15) is 0 Å². The Balaban J connectivity index is -0.000000348. The van der Waals surface area contributed by atoms with Crippen LogP contribution < -0.4 is 0 Å². The Morgan fingerprint density at radius 1 is 0.200 bits per heavy atom. The first kappa shape index (κ1) is 70.3. The van der Waals surface area contributed by atoms with Crippen molar-refractivity contribution in [1.82, 2.24) is 0 Å². The van der Waals surface area contributed by atoms with E-state index in [4.69, 9.17) is 34.5 Å². The summed E-state index contributed by atoms with van der Waals surface area (Å²) in [5.41, 5.74) is 0. The normalized spacial score (nSPS) is 23.3. The molecule has 384 valence electrons. The van der Waals surface area contributed by atoms with E-state index in [-0.39, 0.29) is 0 Å². The molecule has 0 heterocycles. The van der Waals surface area contributed by atoms with Crippen LogP contribution in [0.4, 0.5) is 16.8 Å². The molecule has 0 rings (SSSR count). The third kappa shape index (κ3) is 63.8. The Morgan fingerprint density at radius 3 is 0.283 bits per heavy atom. The molecule has 60 heavy (non-hydrogen) atoms. The quantitative estimate of drug-likeness (QED) is 0.107. The summed E-state index contributed by atoms with van der Waals surface area (Å²) >= 11 is 0. The Hall–Kier alpha value is 3.76. The third-order valence-electron chi connectivity index (χ3n) is 3.39. The Bertz CT molecular complexity index is 1310. The molecule has 0 spiro atoms. The summed E-state index contributed by atoms with van der Waals surface area (Å²) in [5, 5.41) is 0. The van der Waals surface area contributed by atoms with Crippen LogP contribution >= 0.6 is 86.3 Å². The summed E-state index contributed by atoms with van der Waals surface area (Å²) in [6, 6.07) is 0. The van der Waals surface area contributed by atoms with Crippen LogP contribution in [-0.2, 0) is 52.7 Å². The van der Waals surface area contributed by atoms with Crippen LogP contribution in [0.2, 0.25) is 0 Å². The summed E-state index contributed by atoms with van der Waals surface area (Å²) in [4.78, 5) is 0. The monoisotopic (exact) mass is 1120 g/mol. The first-order chi connectivity index (χ1) is 23.7. The minimum atomic E-state index is -4.45. The van der Waals surface area contributed by atoms with Crippen LogP contribution in [0, 0.1) is 0 Å². The molecule has 28 heteroatoms. The zero-order valence-corrected chi connectivity index (χ0v) is 54.5. The fourth-order valence-corrected chi connectivity index (χ4v) is 29.7. The van der Waals surface area contributed by atoms with Crippen molar-refractivity contribution in [2.24, 2.45) is 0 Å². The van der Waals surface area contributed by atoms with Gasteiger partial charge in [-0.3, -0.25) is 0 Å². The van der Waals surface area contributed by atoms with Crippen molar-refractivity contribution >= 4 is 86.3 Å². The summed E-state index contributed by atoms with van der Waals surface area (Å²) in [5.74, 6) is 0. The fraction of sp³-hybridized carbons (Fsp3) is 1.00. The van der Waals surface area contributed by atoms with Crippen molar-refractivity contribution in [3.63, 3.8) is 0 Å². The molecule has 12 nitrogen and oxygen atoms in total. The van der Waals surface area contributed by atoms with E-state index in [1.165, 1.54) is 0 Å². The molecular weight excluding hydrogens is 1020 g/mol. The van der Waals surface area contributed by atoms with Crippen LogP contribution in [0.15, 0.2) is 0 Å². The van der Waals surface area contributed by atoms with Crippen molar-refractivity contribution in [3.8, 4) is 0 Å². The maximum atomic E-state index is 13.7. The van der Waals surface area contributed by atoms with Gasteiger partial charge in [0.25, 0.3) is 0 Å². The molecule has 0 aromatic rings. The van der Waals surface area contributed by atoms with Gasteiger partial charge in [-0.05, 0) is 0 Å². The van der Waals surface area contributed by atoms with Crippen molar-refractivity contribution in [2.45, 2.75) is 0 Å². The van der Waals surface area contributed by atoms with E-state index in [0.717, 1.165) is 0 Å². The van der Waals surface area contributed by atoms with E-state index in [9.17, 15) is 35.0 Å². The van der Waals surface area contributed by atoms with Gasteiger partial charge < -0.3 is 0 Å². The maximum absolute atomic E-state index is 13.7. The minimum absolute atomic E-state index is 1.78. The predicted octanol–water partition coefficient (Wildman–Crippen LogP) is 16.3. The molecule has 0 bridgehead atoms. The average molecular weight is 1120 g/mol. The van der Waals surface area contributed by atoms with Crippen molar-refractivity contribution in [2.75, 3.05) is 213 Å². The van der Waals surface area contributed by atoms with E-state index in [1.54, 1.807) is 213 Å². The molecule has 0 aromatic heterocycles. The Labute approximate surface area is 367 Å². The van der Waals surface area contributed by atoms with Crippen LogP contribution in [0.1, 0.15) is 0 Å². The molecule has 0 saturated carbocycles. The van der Waals surface area contributed by atoms with E-state index < -0.39 is 86.3 Å². The molecule has 0 saturated heterocycles. The molecule has 0 amide bonds. The van der Waals surface area contributed by atoms with Crippen LogP contribution in [0.5, 0.6) is 0 Å². The number of halogens is 4. The standard InChI is InChI=1S/4C8H24FO3P3/c4*1-14(2,3,4)11-13(9,10)12-15(5,6,7)8/h4*1-8H3. The molecule has 0 radical (unpaired) electrons. The molecule has 0 aromatic carbocycles. The average Bonchev–Trinajstić information content (AvgIpc) is 2.43. The van der Waals surface area contributed by atoms with Crippen LogP contribution in [0.25, 0.3) is 0 Å². The van der Waals surface area contributed by atoms with Gasteiger partial charge in [-0.25, -0.2) is 0 Å². The Morgan fingerprint density at radius 2 is 0.250 bits per heavy atom. The summed E-state index contributed by atoms with van der Waals surface area (Å²) < 4.78 is 142. The van der Waals surface area contributed by atoms with Gasteiger partial charge in [0.1, 0.15) is 0 Å². The molecule has 0 unspecified atom stereocenters. The summed E-state index contributed by atoms with van der Waals surface area (Å²) in [6.45, 7) is 36.1. The summed E-state index contributed by atoms with van der Waals surface area (Å²) in [6.07, 6.45) is 0. The second kappa shape index (κ2) is 17.9. The van der Waals surface area contributed by atoms with Crippen LogP contribution in [0.3, 0.4) is 0 Å². The third-order valence-corrected chi connectivity index (χ3v) is 30.5. The van der Waals surface area contributed by atoms with Gasteiger partial charge in [0.15, 0.2) is 0 Å². The van der Waals surface area contributed by atoms with Crippen molar-refractivity contribution in [3.05, 3.63) is 0 Å². The van der Waals surface area contributed by atoms with Gasteiger partial charge in [0.05, 0.1) is 0 Å². The molecule has 0 N–H and O–H groups in total.